The number of rotatable bonds is 0. The Morgan fingerprint density at radius 1 is 1.00 bits per heavy atom. The SMILES string of the molecule is F[B-](F)(F)F.N#[N+]C12CCC(CC1)CC2. The second-order valence-electron chi connectivity index (χ2n) is 4.30. The molecule has 0 unspecified atom stereocenters. The molecule has 3 fully saturated rings. The highest BCUT2D eigenvalue weighted by Gasteiger charge is 2.51. The Morgan fingerprint density at radius 2 is 1.33 bits per heavy atom. The number of hydrogen-bond donors (Lipinski definition) is 0. The van der Waals surface area contributed by atoms with Crippen molar-refractivity contribution >= 4 is 7.25 Å². The maximum Gasteiger partial charge on any atom is 0.673 e. The maximum atomic E-state index is 9.75. The zero-order chi connectivity index (χ0) is 11.5. The third-order valence-corrected chi connectivity index (χ3v) is 3.27. The number of nitrogens with zero attached hydrogens (tertiary/aromatic N) is 2. The van der Waals surface area contributed by atoms with E-state index in [4.69, 9.17) is 5.39 Å². The molecule has 3 aliphatic rings. The van der Waals surface area contributed by atoms with Crippen LogP contribution in [-0.2, 0) is 0 Å². The van der Waals surface area contributed by atoms with E-state index in [0.29, 0.717) is 0 Å². The fourth-order valence-corrected chi connectivity index (χ4v) is 2.38. The van der Waals surface area contributed by atoms with Gasteiger partial charge in [0.25, 0.3) is 0 Å². The van der Waals surface area contributed by atoms with Crippen LogP contribution in [0.15, 0.2) is 0 Å². The number of fused-ring (bicyclic) bond motifs is 3. The van der Waals surface area contributed by atoms with Gasteiger partial charge in [-0.25, -0.2) is 0 Å². The molecule has 0 heterocycles. The van der Waals surface area contributed by atoms with Crippen molar-refractivity contribution in [1.82, 2.24) is 0 Å². The molecule has 2 bridgehead atoms. The first kappa shape index (κ1) is 12.3. The van der Waals surface area contributed by atoms with E-state index in [9.17, 15) is 17.3 Å². The van der Waals surface area contributed by atoms with Gasteiger partial charge in [-0.05, 0) is 25.2 Å². The minimum atomic E-state index is -6.00. The van der Waals surface area contributed by atoms with Crippen LogP contribution in [0.2, 0.25) is 0 Å². The fraction of sp³-hybridized carbons (Fsp3) is 1.00. The molecule has 0 amide bonds. The summed E-state index contributed by atoms with van der Waals surface area (Å²) in [5.74, 6) is 0.962. The molecule has 7 heteroatoms. The topological polar surface area (TPSA) is 28.1 Å². The van der Waals surface area contributed by atoms with Crippen molar-refractivity contribution in [3.8, 4) is 0 Å². The minimum Gasteiger partial charge on any atom is -0.418 e. The molecule has 0 radical (unpaired) electrons. The van der Waals surface area contributed by atoms with Crippen molar-refractivity contribution in [2.75, 3.05) is 0 Å². The predicted molar refractivity (Wildman–Crippen MR) is 49.2 cm³/mol. The van der Waals surface area contributed by atoms with Crippen LogP contribution < -0.4 is 0 Å². The molecule has 15 heavy (non-hydrogen) atoms. The summed E-state index contributed by atoms with van der Waals surface area (Å²) in [4.78, 5) is 3.54. The van der Waals surface area contributed by atoms with Crippen LogP contribution in [0.4, 0.5) is 17.3 Å². The lowest BCUT2D eigenvalue weighted by Gasteiger charge is -2.33. The summed E-state index contributed by atoms with van der Waals surface area (Å²) >= 11 is 0. The zero-order valence-corrected chi connectivity index (χ0v) is 8.30. The van der Waals surface area contributed by atoms with Crippen LogP contribution in [0.3, 0.4) is 0 Å². The fourth-order valence-electron chi connectivity index (χ4n) is 2.38. The van der Waals surface area contributed by atoms with Crippen LogP contribution in [0.5, 0.6) is 0 Å². The number of halogens is 4. The number of diazo groups is 1. The average molecular weight is 224 g/mol. The Bertz CT molecular complexity index is 233. The van der Waals surface area contributed by atoms with Crippen molar-refractivity contribution in [3.05, 3.63) is 4.98 Å². The first-order chi connectivity index (χ1) is 6.85. The lowest BCUT2D eigenvalue weighted by molar-refractivity contribution is 0.169. The summed E-state index contributed by atoms with van der Waals surface area (Å²) in [5, 5.41) is 8.79. The van der Waals surface area contributed by atoms with Gasteiger partial charge in [0.2, 0.25) is 5.39 Å². The molecule has 0 saturated heterocycles. The van der Waals surface area contributed by atoms with Gasteiger partial charge >= 0.3 is 12.8 Å². The molecule has 86 valence electrons. The summed E-state index contributed by atoms with van der Waals surface area (Å²) in [6.07, 6.45) is 7.29. The first-order valence-electron chi connectivity index (χ1n) is 5.08. The summed E-state index contributed by atoms with van der Waals surface area (Å²) in [6, 6.07) is 0. The lowest BCUT2D eigenvalue weighted by Crippen LogP contribution is -2.36. The van der Waals surface area contributed by atoms with Gasteiger partial charge in [-0.15, -0.1) is 0 Å². The van der Waals surface area contributed by atoms with Gasteiger partial charge in [-0.2, -0.15) is 0 Å². The third-order valence-electron chi connectivity index (χ3n) is 3.27. The third kappa shape index (κ3) is 4.06. The van der Waals surface area contributed by atoms with E-state index >= 15 is 0 Å². The van der Waals surface area contributed by atoms with E-state index in [-0.39, 0.29) is 5.54 Å². The van der Waals surface area contributed by atoms with Crippen molar-refractivity contribution < 1.29 is 17.3 Å². The van der Waals surface area contributed by atoms with E-state index < -0.39 is 7.25 Å². The van der Waals surface area contributed by atoms with Gasteiger partial charge in [-0.3, -0.25) is 0 Å². The number of hydrogen-bond acceptors (Lipinski definition) is 1. The monoisotopic (exact) mass is 224 g/mol. The van der Waals surface area contributed by atoms with E-state index in [1.54, 1.807) is 0 Å². The van der Waals surface area contributed by atoms with E-state index in [0.717, 1.165) is 25.2 Å². The highest BCUT2D eigenvalue weighted by Crippen LogP contribution is 2.46. The van der Waals surface area contributed by atoms with Crippen LogP contribution >= 0.6 is 0 Å². The van der Waals surface area contributed by atoms with Crippen LogP contribution in [-0.4, -0.2) is 12.8 Å². The molecule has 2 nitrogen and oxygen atoms in total. The first-order valence-corrected chi connectivity index (χ1v) is 5.08. The molecule has 0 N–H and O–H groups in total. The Kier molecular flexibility index (Phi) is 3.58. The molecule has 3 rings (SSSR count). The van der Waals surface area contributed by atoms with Gasteiger partial charge in [0.15, 0.2) is 0 Å². The minimum absolute atomic E-state index is 0.00868. The smallest absolute Gasteiger partial charge is 0.418 e. The van der Waals surface area contributed by atoms with E-state index in [2.05, 4.69) is 4.98 Å². The second kappa shape index (κ2) is 4.37. The molecule has 3 aliphatic carbocycles. The summed E-state index contributed by atoms with van der Waals surface area (Å²) in [5.41, 5.74) is 0.00868. The molecular weight excluding hydrogens is 211 g/mol. The van der Waals surface area contributed by atoms with Crippen molar-refractivity contribution in [1.29, 1.82) is 5.39 Å². The summed E-state index contributed by atoms with van der Waals surface area (Å²) in [6.45, 7) is 0. The molecule has 0 spiro atoms. The second-order valence-corrected chi connectivity index (χ2v) is 4.30. The van der Waals surface area contributed by atoms with E-state index in [1.165, 1.54) is 19.3 Å². The molecule has 0 aliphatic heterocycles. The Labute approximate surface area is 85.8 Å². The highest BCUT2D eigenvalue weighted by molar-refractivity contribution is 6.50. The van der Waals surface area contributed by atoms with Crippen molar-refractivity contribution in [3.63, 3.8) is 0 Å². The zero-order valence-electron chi connectivity index (χ0n) is 8.30. The van der Waals surface area contributed by atoms with Gasteiger partial charge in [0.1, 0.15) is 4.98 Å². The average Bonchev–Trinajstić information content (AvgIpc) is 2.18. The van der Waals surface area contributed by atoms with E-state index in [1.807, 2.05) is 0 Å². The maximum absolute atomic E-state index is 9.75. The standard InChI is InChI=1S/C8H13N2.BF4/c9-10-8-4-1-7(2-5-8)3-6-8;2-1(3,4)5/h7H,1-6H2;/q+1;-1. The molecule has 3 saturated carbocycles. The molecule has 0 aromatic carbocycles. The lowest BCUT2D eigenvalue weighted by atomic mass is 9.66. The predicted octanol–water partition coefficient (Wildman–Crippen LogP) is 3.86. The Balaban J connectivity index is 0.000000195. The normalized spacial score (nSPS) is 33.9. The van der Waals surface area contributed by atoms with Gasteiger partial charge in [0.05, 0.1) is 0 Å². The van der Waals surface area contributed by atoms with Crippen LogP contribution in [0, 0.1) is 11.3 Å². The van der Waals surface area contributed by atoms with Crippen molar-refractivity contribution in [2.24, 2.45) is 5.92 Å². The molecular formula is C8H13BF4N2. The van der Waals surface area contributed by atoms with Crippen molar-refractivity contribution in [2.45, 2.75) is 44.1 Å². The summed E-state index contributed by atoms with van der Waals surface area (Å²) in [7, 11) is -6.00. The highest BCUT2D eigenvalue weighted by atomic mass is 19.5. The largest absolute Gasteiger partial charge is 0.673 e. The van der Waals surface area contributed by atoms with Crippen LogP contribution in [0.25, 0.3) is 4.98 Å². The van der Waals surface area contributed by atoms with Gasteiger partial charge in [0, 0.05) is 19.3 Å². The molecule has 0 atom stereocenters. The molecule has 0 aromatic rings. The summed E-state index contributed by atoms with van der Waals surface area (Å²) < 4.78 is 39.0. The van der Waals surface area contributed by atoms with Gasteiger partial charge < -0.3 is 17.3 Å². The van der Waals surface area contributed by atoms with Crippen LogP contribution in [0.1, 0.15) is 38.5 Å². The Hall–Kier alpha value is -0.795. The molecule has 0 aromatic heterocycles. The Morgan fingerprint density at radius 3 is 1.53 bits per heavy atom. The quantitative estimate of drug-likeness (QED) is 0.348. The van der Waals surface area contributed by atoms with Gasteiger partial charge in [-0.1, -0.05) is 0 Å².